The Morgan fingerprint density at radius 2 is 2.25 bits per heavy atom. The summed E-state index contributed by atoms with van der Waals surface area (Å²) in [5.74, 6) is -0.305. The van der Waals surface area contributed by atoms with Crippen molar-refractivity contribution in [3.8, 4) is 28.0 Å². The topological polar surface area (TPSA) is 98.1 Å². The number of nitrogens with zero attached hydrogens (tertiary/aromatic N) is 2. The average Bonchev–Trinajstić information content (AvgIpc) is 3.45. The molecule has 0 fully saturated rings. The highest BCUT2D eigenvalue weighted by Gasteiger charge is 2.22. The van der Waals surface area contributed by atoms with Gasteiger partial charge in [-0.25, -0.2) is 14.8 Å². The van der Waals surface area contributed by atoms with Crippen LogP contribution in [0.1, 0.15) is 23.0 Å². The number of aliphatic imine (C=N–C) groups is 1. The van der Waals surface area contributed by atoms with Gasteiger partial charge in [-0.15, -0.1) is 22.7 Å². The van der Waals surface area contributed by atoms with Crippen LogP contribution in [0.5, 0.6) is 5.95 Å². The Hall–Kier alpha value is -3.17. The number of carbonyl (C=O) groups excluding carboxylic acids is 1. The standard InChI is InChI=1S/C19H14N2O5S2/c1-2-24-19(23)15-11(14-6-4-8-27-14)10-28-17(15)20-9-12-18(22)26-16(21-12)13-5-3-7-25-13/h3-10,22H,2H2,1H3/b20-9+. The number of furan rings is 1. The predicted molar refractivity (Wildman–Crippen MR) is 107 cm³/mol. The van der Waals surface area contributed by atoms with E-state index in [1.54, 1.807) is 19.1 Å². The minimum atomic E-state index is -0.444. The van der Waals surface area contributed by atoms with Crippen molar-refractivity contribution in [3.05, 3.63) is 52.5 Å². The van der Waals surface area contributed by atoms with Crippen LogP contribution >= 0.6 is 22.7 Å². The number of carbonyl (C=O) groups is 1. The van der Waals surface area contributed by atoms with Crippen LogP contribution in [-0.2, 0) is 4.74 Å². The maximum Gasteiger partial charge on any atom is 0.341 e. The number of esters is 1. The van der Waals surface area contributed by atoms with E-state index in [9.17, 15) is 9.90 Å². The van der Waals surface area contributed by atoms with Crippen LogP contribution in [0.15, 0.2) is 55.1 Å². The molecule has 4 rings (SSSR count). The van der Waals surface area contributed by atoms with Crippen LogP contribution in [0, 0.1) is 0 Å². The Bertz CT molecular complexity index is 1110. The van der Waals surface area contributed by atoms with Gasteiger partial charge >= 0.3 is 11.9 Å². The zero-order valence-corrected chi connectivity index (χ0v) is 16.3. The van der Waals surface area contributed by atoms with Gasteiger partial charge in [-0.05, 0) is 30.5 Å². The summed E-state index contributed by atoms with van der Waals surface area (Å²) in [5.41, 5.74) is 1.29. The molecular weight excluding hydrogens is 400 g/mol. The van der Waals surface area contributed by atoms with Crippen molar-refractivity contribution in [1.29, 1.82) is 0 Å². The maximum absolute atomic E-state index is 12.5. The highest BCUT2D eigenvalue weighted by molar-refractivity contribution is 7.16. The maximum atomic E-state index is 12.5. The first-order chi connectivity index (χ1) is 13.7. The van der Waals surface area contributed by atoms with Gasteiger partial charge in [0, 0.05) is 15.8 Å². The number of hydrogen-bond donors (Lipinski definition) is 1. The largest absolute Gasteiger partial charge is 0.479 e. The first-order valence-electron chi connectivity index (χ1n) is 8.27. The van der Waals surface area contributed by atoms with Crippen LogP contribution < -0.4 is 0 Å². The summed E-state index contributed by atoms with van der Waals surface area (Å²) >= 11 is 2.83. The molecule has 142 valence electrons. The molecule has 4 heterocycles. The monoisotopic (exact) mass is 414 g/mol. The summed E-state index contributed by atoms with van der Waals surface area (Å²) in [6.07, 6.45) is 2.83. The summed E-state index contributed by atoms with van der Waals surface area (Å²) in [7, 11) is 0. The van der Waals surface area contributed by atoms with Gasteiger partial charge in [-0.3, -0.25) is 0 Å². The molecule has 0 amide bonds. The Morgan fingerprint density at radius 1 is 1.36 bits per heavy atom. The second kappa shape index (κ2) is 7.83. The van der Waals surface area contributed by atoms with Crippen molar-refractivity contribution in [2.75, 3.05) is 6.61 Å². The van der Waals surface area contributed by atoms with Gasteiger partial charge in [0.1, 0.15) is 10.6 Å². The van der Waals surface area contributed by atoms with E-state index in [0.717, 1.165) is 10.4 Å². The van der Waals surface area contributed by atoms with Crippen LogP contribution in [0.4, 0.5) is 5.00 Å². The first kappa shape index (κ1) is 18.2. The number of hydrogen-bond acceptors (Lipinski definition) is 9. The molecule has 0 aliphatic rings. The minimum Gasteiger partial charge on any atom is -0.479 e. The van der Waals surface area contributed by atoms with E-state index in [0.29, 0.717) is 16.3 Å². The summed E-state index contributed by atoms with van der Waals surface area (Å²) in [6.45, 7) is 2.01. The fourth-order valence-electron chi connectivity index (χ4n) is 2.49. The lowest BCUT2D eigenvalue weighted by Gasteiger charge is -2.03. The fraction of sp³-hybridized carbons (Fsp3) is 0.105. The van der Waals surface area contributed by atoms with Gasteiger partial charge < -0.3 is 18.7 Å². The van der Waals surface area contributed by atoms with E-state index in [4.69, 9.17) is 13.6 Å². The molecule has 4 aromatic rings. The summed E-state index contributed by atoms with van der Waals surface area (Å²) in [4.78, 5) is 22.0. The molecule has 0 aromatic carbocycles. The molecule has 7 nitrogen and oxygen atoms in total. The van der Waals surface area contributed by atoms with Gasteiger partial charge in [0.05, 0.1) is 19.1 Å². The third-order valence-corrected chi connectivity index (χ3v) is 5.50. The smallest absolute Gasteiger partial charge is 0.341 e. The lowest BCUT2D eigenvalue weighted by molar-refractivity contribution is 0.0529. The molecule has 0 bridgehead atoms. The van der Waals surface area contributed by atoms with Crippen LogP contribution in [0.2, 0.25) is 0 Å². The van der Waals surface area contributed by atoms with Gasteiger partial charge in [0.25, 0.3) is 5.89 Å². The third kappa shape index (κ3) is 3.49. The van der Waals surface area contributed by atoms with Crippen LogP contribution in [0.3, 0.4) is 0 Å². The third-order valence-electron chi connectivity index (χ3n) is 3.71. The van der Waals surface area contributed by atoms with Gasteiger partial charge in [-0.1, -0.05) is 6.07 Å². The van der Waals surface area contributed by atoms with Crippen molar-refractivity contribution >= 4 is 39.9 Å². The van der Waals surface area contributed by atoms with E-state index in [-0.39, 0.29) is 24.1 Å². The second-order valence-electron chi connectivity index (χ2n) is 5.47. The second-order valence-corrected chi connectivity index (χ2v) is 7.28. The molecule has 0 aliphatic heterocycles. The Morgan fingerprint density at radius 3 is 2.96 bits per heavy atom. The molecule has 4 aromatic heterocycles. The molecular formula is C19H14N2O5S2. The van der Waals surface area contributed by atoms with E-state index in [1.165, 1.54) is 35.2 Å². The molecule has 0 aliphatic carbocycles. The lowest BCUT2D eigenvalue weighted by atomic mass is 10.1. The average molecular weight is 414 g/mol. The predicted octanol–water partition coefficient (Wildman–Crippen LogP) is 5.36. The number of aromatic hydroxyl groups is 1. The Balaban J connectivity index is 1.69. The minimum absolute atomic E-state index is 0.132. The SMILES string of the molecule is CCOC(=O)c1c(-c2cccs2)csc1/N=C/c1nc(-c2ccco2)oc1O. The van der Waals surface area contributed by atoms with Gasteiger partial charge in [0.15, 0.2) is 11.5 Å². The number of aromatic nitrogens is 1. The number of thiophene rings is 2. The Kier molecular flexibility index (Phi) is 5.09. The number of ether oxygens (including phenoxy) is 1. The first-order valence-corrected chi connectivity index (χ1v) is 10.0. The summed E-state index contributed by atoms with van der Waals surface area (Å²) < 4.78 is 15.6. The summed E-state index contributed by atoms with van der Waals surface area (Å²) in [6, 6.07) is 7.20. The summed E-state index contributed by atoms with van der Waals surface area (Å²) in [5, 5.41) is 14.2. The highest BCUT2D eigenvalue weighted by atomic mass is 32.1. The zero-order valence-electron chi connectivity index (χ0n) is 14.6. The van der Waals surface area contributed by atoms with Gasteiger partial charge in [0.2, 0.25) is 0 Å². The highest BCUT2D eigenvalue weighted by Crippen LogP contribution is 2.40. The van der Waals surface area contributed by atoms with Crippen molar-refractivity contribution in [2.24, 2.45) is 4.99 Å². The quantitative estimate of drug-likeness (QED) is 0.337. The fourth-order valence-corrected chi connectivity index (χ4v) is 4.21. The molecule has 9 heteroatoms. The van der Waals surface area contributed by atoms with E-state index in [1.807, 2.05) is 22.9 Å². The van der Waals surface area contributed by atoms with Gasteiger partial charge in [-0.2, -0.15) is 0 Å². The molecule has 0 unspecified atom stereocenters. The Labute approximate surface area is 167 Å². The van der Waals surface area contributed by atoms with Crippen molar-refractivity contribution in [1.82, 2.24) is 4.98 Å². The molecule has 0 saturated carbocycles. The molecule has 1 N–H and O–H groups in total. The van der Waals surface area contributed by atoms with Crippen molar-refractivity contribution in [2.45, 2.75) is 6.92 Å². The molecule has 0 atom stereocenters. The number of oxazole rings is 1. The molecule has 0 saturated heterocycles. The lowest BCUT2D eigenvalue weighted by Crippen LogP contribution is -2.04. The molecule has 0 radical (unpaired) electrons. The van der Waals surface area contributed by atoms with Crippen molar-refractivity contribution < 1.29 is 23.5 Å². The van der Waals surface area contributed by atoms with E-state index < -0.39 is 5.97 Å². The van der Waals surface area contributed by atoms with Crippen LogP contribution in [0.25, 0.3) is 22.1 Å². The molecule has 0 spiro atoms. The normalized spacial score (nSPS) is 11.3. The van der Waals surface area contributed by atoms with Crippen molar-refractivity contribution in [3.63, 3.8) is 0 Å². The van der Waals surface area contributed by atoms with E-state index in [2.05, 4.69) is 9.98 Å². The van der Waals surface area contributed by atoms with E-state index >= 15 is 0 Å². The molecule has 28 heavy (non-hydrogen) atoms. The zero-order chi connectivity index (χ0) is 19.5. The van der Waals surface area contributed by atoms with Crippen LogP contribution in [-0.4, -0.2) is 28.9 Å². The number of rotatable bonds is 6.